The van der Waals surface area contributed by atoms with Gasteiger partial charge in [0.2, 0.25) is 0 Å². The van der Waals surface area contributed by atoms with Crippen LogP contribution in [0.15, 0.2) is 48.2 Å². The van der Waals surface area contributed by atoms with Gasteiger partial charge in [-0.1, -0.05) is 29.8 Å². The molecule has 4 rings (SSSR count). The summed E-state index contributed by atoms with van der Waals surface area (Å²) in [5.41, 5.74) is 6.03. The number of hydrogen-bond donors (Lipinski definition) is 1. The number of hydrogen-bond acceptors (Lipinski definition) is 4. The number of benzene rings is 1. The van der Waals surface area contributed by atoms with E-state index in [1.165, 1.54) is 5.56 Å². The van der Waals surface area contributed by atoms with Gasteiger partial charge in [0.05, 0.1) is 11.3 Å². The highest BCUT2D eigenvalue weighted by molar-refractivity contribution is 7.13. The number of nitrogens with one attached hydrogen (secondary N) is 1. The van der Waals surface area contributed by atoms with Crippen molar-refractivity contribution in [3.8, 4) is 21.8 Å². The molecule has 0 fully saturated rings. The summed E-state index contributed by atoms with van der Waals surface area (Å²) in [7, 11) is 0. The minimum atomic E-state index is 0.791. The molecule has 4 aromatic rings. The lowest BCUT2D eigenvalue weighted by atomic mass is 10.1. The van der Waals surface area contributed by atoms with E-state index in [1.807, 2.05) is 6.20 Å². The molecule has 0 amide bonds. The summed E-state index contributed by atoms with van der Waals surface area (Å²) >= 11 is 1.62. The highest BCUT2D eigenvalue weighted by Gasteiger charge is 2.12. The van der Waals surface area contributed by atoms with E-state index in [0.29, 0.717) is 0 Å². The fraction of sp³-hybridized carbons (Fsp3) is 0.0625. The molecule has 0 saturated carbocycles. The average Bonchev–Trinajstić information content (AvgIpc) is 3.14. The van der Waals surface area contributed by atoms with Crippen LogP contribution in [0.1, 0.15) is 5.56 Å². The molecule has 0 unspecified atom stereocenters. The van der Waals surface area contributed by atoms with Crippen LogP contribution in [0.4, 0.5) is 0 Å². The number of nitrogens with zero attached hydrogens (tertiary/aromatic N) is 3. The van der Waals surface area contributed by atoms with Gasteiger partial charge in [0.1, 0.15) is 10.5 Å². The molecule has 21 heavy (non-hydrogen) atoms. The maximum Gasteiger partial charge on any atom is 0.156 e. The molecular weight excluding hydrogens is 280 g/mol. The number of aromatic nitrogens is 4. The van der Waals surface area contributed by atoms with Crippen LogP contribution < -0.4 is 0 Å². The van der Waals surface area contributed by atoms with Crippen LogP contribution in [-0.4, -0.2) is 19.9 Å². The second kappa shape index (κ2) is 4.79. The Labute approximate surface area is 125 Å². The molecule has 1 N–H and O–H groups in total. The normalized spacial score (nSPS) is 11.1. The monoisotopic (exact) mass is 292 g/mol. The van der Waals surface area contributed by atoms with Gasteiger partial charge in [0, 0.05) is 29.5 Å². The quantitative estimate of drug-likeness (QED) is 0.606. The molecule has 0 saturated heterocycles. The lowest BCUT2D eigenvalue weighted by molar-refractivity contribution is 1.26. The van der Waals surface area contributed by atoms with Crippen LogP contribution in [0.25, 0.3) is 33.0 Å². The van der Waals surface area contributed by atoms with Gasteiger partial charge in [-0.25, -0.2) is 9.97 Å². The summed E-state index contributed by atoms with van der Waals surface area (Å²) in [6.07, 6.45) is 5.30. The molecule has 0 atom stereocenters. The van der Waals surface area contributed by atoms with Crippen molar-refractivity contribution >= 4 is 22.5 Å². The fourth-order valence-corrected chi connectivity index (χ4v) is 3.11. The predicted octanol–water partition coefficient (Wildman–Crippen LogP) is 4.06. The molecule has 0 aliphatic heterocycles. The van der Waals surface area contributed by atoms with Crippen molar-refractivity contribution in [2.75, 3.05) is 0 Å². The molecule has 0 bridgehead atoms. The fourth-order valence-electron chi connectivity index (χ4n) is 2.27. The number of H-pyrrole nitrogens is 1. The van der Waals surface area contributed by atoms with Crippen molar-refractivity contribution in [2.45, 2.75) is 6.92 Å². The first-order valence-corrected chi connectivity index (χ1v) is 7.50. The van der Waals surface area contributed by atoms with Crippen molar-refractivity contribution in [1.29, 1.82) is 0 Å². The Morgan fingerprint density at radius 2 is 1.86 bits per heavy atom. The molecule has 0 radical (unpaired) electrons. The number of rotatable bonds is 2. The smallest absolute Gasteiger partial charge is 0.156 e. The summed E-state index contributed by atoms with van der Waals surface area (Å²) in [5.74, 6) is 0. The zero-order valence-electron chi connectivity index (χ0n) is 11.4. The topological polar surface area (TPSA) is 54.5 Å². The molecule has 3 heterocycles. The Morgan fingerprint density at radius 3 is 2.71 bits per heavy atom. The predicted molar refractivity (Wildman–Crippen MR) is 85.2 cm³/mol. The van der Waals surface area contributed by atoms with Crippen LogP contribution in [0.2, 0.25) is 0 Å². The maximum absolute atomic E-state index is 4.73. The second-order valence-corrected chi connectivity index (χ2v) is 5.72. The van der Waals surface area contributed by atoms with Gasteiger partial charge in [-0.3, -0.25) is 4.98 Å². The molecule has 102 valence electrons. The zero-order chi connectivity index (χ0) is 14.2. The Morgan fingerprint density at radius 1 is 1.05 bits per heavy atom. The third kappa shape index (κ3) is 2.11. The van der Waals surface area contributed by atoms with Crippen molar-refractivity contribution in [3.63, 3.8) is 0 Å². The van der Waals surface area contributed by atoms with Gasteiger partial charge < -0.3 is 4.98 Å². The largest absolute Gasteiger partial charge is 0.344 e. The first kappa shape index (κ1) is 12.2. The number of aromatic amines is 1. The molecule has 0 aliphatic rings. The number of thiazole rings is 1. The van der Waals surface area contributed by atoms with E-state index >= 15 is 0 Å². The Kier molecular flexibility index (Phi) is 2.79. The van der Waals surface area contributed by atoms with Gasteiger partial charge in [0.15, 0.2) is 5.65 Å². The summed E-state index contributed by atoms with van der Waals surface area (Å²) in [6, 6.07) is 8.41. The first-order chi connectivity index (χ1) is 10.3. The standard InChI is InChI=1S/C16H12N4S/c1-10-2-4-11(5-3-10)13-9-21-16(20-13)12-8-19-15-14(12)17-6-7-18-15/h2-9H,1H3,(H,18,19). The Hall–Kier alpha value is -2.53. The van der Waals surface area contributed by atoms with E-state index in [-0.39, 0.29) is 0 Å². The Bertz CT molecular complexity index is 905. The van der Waals surface area contributed by atoms with Crippen LogP contribution in [0, 0.1) is 6.92 Å². The summed E-state index contributed by atoms with van der Waals surface area (Å²) in [5, 5.41) is 3.03. The van der Waals surface area contributed by atoms with E-state index in [1.54, 1.807) is 23.7 Å². The van der Waals surface area contributed by atoms with Gasteiger partial charge in [-0.15, -0.1) is 11.3 Å². The average molecular weight is 292 g/mol. The minimum Gasteiger partial charge on any atom is -0.344 e. The molecular formula is C16H12N4S. The highest BCUT2D eigenvalue weighted by Crippen LogP contribution is 2.32. The minimum absolute atomic E-state index is 0.791. The molecule has 4 nitrogen and oxygen atoms in total. The Balaban J connectivity index is 1.79. The van der Waals surface area contributed by atoms with E-state index in [9.17, 15) is 0 Å². The SMILES string of the molecule is Cc1ccc(-c2csc(-c3c[nH]c4nccnc34)n2)cc1. The van der Waals surface area contributed by atoms with Crippen molar-refractivity contribution < 1.29 is 0 Å². The summed E-state index contributed by atoms with van der Waals surface area (Å²) in [6.45, 7) is 2.08. The third-order valence-corrected chi connectivity index (χ3v) is 4.26. The van der Waals surface area contributed by atoms with Crippen LogP contribution >= 0.6 is 11.3 Å². The van der Waals surface area contributed by atoms with Gasteiger partial charge in [0.25, 0.3) is 0 Å². The number of aryl methyl sites for hydroxylation is 1. The summed E-state index contributed by atoms with van der Waals surface area (Å²) in [4.78, 5) is 16.5. The second-order valence-electron chi connectivity index (χ2n) is 4.86. The molecule has 5 heteroatoms. The van der Waals surface area contributed by atoms with E-state index in [0.717, 1.165) is 33.0 Å². The lowest BCUT2D eigenvalue weighted by Gasteiger charge is -1.97. The summed E-state index contributed by atoms with van der Waals surface area (Å²) < 4.78 is 0. The van der Waals surface area contributed by atoms with E-state index in [4.69, 9.17) is 4.98 Å². The van der Waals surface area contributed by atoms with Crippen molar-refractivity contribution in [3.05, 3.63) is 53.8 Å². The van der Waals surface area contributed by atoms with Gasteiger partial charge in [-0.2, -0.15) is 0 Å². The van der Waals surface area contributed by atoms with Gasteiger partial charge >= 0.3 is 0 Å². The molecule has 0 aliphatic carbocycles. The van der Waals surface area contributed by atoms with Crippen LogP contribution in [0.5, 0.6) is 0 Å². The van der Waals surface area contributed by atoms with Crippen LogP contribution in [0.3, 0.4) is 0 Å². The third-order valence-electron chi connectivity index (χ3n) is 3.39. The van der Waals surface area contributed by atoms with Crippen molar-refractivity contribution in [2.24, 2.45) is 0 Å². The van der Waals surface area contributed by atoms with Crippen molar-refractivity contribution in [1.82, 2.24) is 19.9 Å². The van der Waals surface area contributed by atoms with E-state index < -0.39 is 0 Å². The zero-order valence-corrected chi connectivity index (χ0v) is 12.2. The molecule has 0 spiro atoms. The maximum atomic E-state index is 4.73. The molecule has 1 aromatic carbocycles. The number of fused-ring (bicyclic) bond motifs is 1. The van der Waals surface area contributed by atoms with Crippen LogP contribution in [-0.2, 0) is 0 Å². The molecule has 3 aromatic heterocycles. The van der Waals surface area contributed by atoms with E-state index in [2.05, 4.69) is 51.5 Å². The highest BCUT2D eigenvalue weighted by atomic mass is 32.1. The first-order valence-electron chi connectivity index (χ1n) is 6.62. The van der Waals surface area contributed by atoms with Gasteiger partial charge in [-0.05, 0) is 6.92 Å². The lowest BCUT2D eigenvalue weighted by Crippen LogP contribution is -1.81.